The zero-order chi connectivity index (χ0) is 20.8. The third kappa shape index (κ3) is 5.36. The number of hydrogen-bond donors (Lipinski definition) is 8. The van der Waals surface area contributed by atoms with Crippen molar-refractivity contribution in [3.05, 3.63) is 0 Å². The molecule has 166 valence electrons. The van der Waals surface area contributed by atoms with Crippen LogP contribution in [0.4, 0.5) is 0 Å². The van der Waals surface area contributed by atoms with Gasteiger partial charge in [-0.3, -0.25) is 0 Å². The van der Waals surface area contributed by atoms with Crippen molar-refractivity contribution in [2.45, 2.75) is 74.3 Å². The smallest absolute Gasteiger partial charge is 0.187 e. The summed E-state index contributed by atoms with van der Waals surface area (Å²) >= 11 is 0. The van der Waals surface area contributed by atoms with E-state index in [-0.39, 0.29) is 6.61 Å². The highest BCUT2D eigenvalue weighted by atomic mass is 16.7. The van der Waals surface area contributed by atoms with Gasteiger partial charge in [0.2, 0.25) is 0 Å². The van der Waals surface area contributed by atoms with Crippen molar-refractivity contribution in [1.29, 1.82) is 0 Å². The number of hydrogen-bond acceptors (Lipinski definition) is 12. The summed E-state index contributed by atoms with van der Waals surface area (Å²) < 4.78 is 21.5. The molecule has 0 aromatic carbocycles. The maximum absolute atomic E-state index is 10.4. The molecule has 0 amide bonds. The van der Waals surface area contributed by atoms with Gasteiger partial charge < -0.3 is 60.4 Å². The fraction of sp³-hybridized carbons (Fsp3) is 1.00. The highest BCUT2D eigenvalue weighted by Crippen LogP contribution is 2.29. The van der Waals surface area contributed by atoms with Crippen LogP contribution in [0.25, 0.3) is 0 Å². The summed E-state index contributed by atoms with van der Waals surface area (Å²) in [6, 6.07) is 0. The Hall–Kier alpha value is -0.480. The first-order valence-electron chi connectivity index (χ1n) is 9.25. The minimum Gasteiger partial charge on any atom is -0.394 e. The first kappa shape index (κ1) is 23.8. The maximum Gasteiger partial charge on any atom is 0.187 e. The van der Waals surface area contributed by atoms with E-state index in [0.717, 1.165) is 0 Å². The molecule has 12 nitrogen and oxygen atoms in total. The summed E-state index contributed by atoms with van der Waals surface area (Å²) in [5.41, 5.74) is 5.39. The van der Waals surface area contributed by atoms with Crippen molar-refractivity contribution in [2.24, 2.45) is 5.73 Å². The van der Waals surface area contributed by atoms with E-state index < -0.39 is 74.6 Å². The SMILES string of the molecule is NCCCCO[C@H]1O[C@H](CO)[C@@H](O[C@@H]2O[C@H](CO)[C@H](O)[C@H](O)[C@H]2O)[C@H](O)[C@H]1O. The second-order valence-corrected chi connectivity index (χ2v) is 6.87. The van der Waals surface area contributed by atoms with Crippen LogP contribution in [0, 0.1) is 0 Å². The zero-order valence-corrected chi connectivity index (χ0v) is 15.4. The van der Waals surface area contributed by atoms with Gasteiger partial charge in [-0.25, -0.2) is 0 Å². The third-order valence-corrected chi connectivity index (χ3v) is 4.84. The second kappa shape index (κ2) is 11.1. The molecule has 0 aromatic rings. The quantitative estimate of drug-likeness (QED) is 0.168. The minimum absolute atomic E-state index is 0.224. The summed E-state index contributed by atoms with van der Waals surface area (Å²) in [4.78, 5) is 0. The van der Waals surface area contributed by atoms with E-state index in [1.54, 1.807) is 0 Å². The second-order valence-electron chi connectivity index (χ2n) is 6.87. The lowest BCUT2D eigenvalue weighted by molar-refractivity contribution is -0.359. The lowest BCUT2D eigenvalue weighted by Gasteiger charge is -2.45. The molecule has 2 rings (SSSR count). The first-order chi connectivity index (χ1) is 13.3. The molecule has 2 fully saturated rings. The molecule has 0 radical (unpaired) electrons. The first-order valence-corrected chi connectivity index (χ1v) is 9.25. The van der Waals surface area contributed by atoms with Crippen molar-refractivity contribution in [2.75, 3.05) is 26.4 Å². The predicted octanol–water partition coefficient (Wildman–Crippen LogP) is -4.63. The molecule has 12 heteroatoms. The molecule has 0 unspecified atom stereocenters. The number of unbranched alkanes of at least 4 members (excludes halogenated alkanes) is 1. The lowest BCUT2D eigenvalue weighted by atomic mass is 9.97. The van der Waals surface area contributed by atoms with Gasteiger partial charge in [-0.15, -0.1) is 0 Å². The van der Waals surface area contributed by atoms with Crippen LogP contribution in [-0.4, -0.2) is 124 Å². The molecule has 2 aliphatic heterocycles. The summed E-state index contributed by atoms with van der Waals surface area (Å²) in [6.07, 6.45) is -13.2. The Balaban J connectivity index is 2.02. The van der Waals surface area contributed by atoms with Gasteiger partial charge in [-0.1, -0.05) is 0 Å². The van der Waals surface area contributed by atoms with E-state index in [4.69, 9.17) is 24.7 Å². The average molecular weight is 413 g/mol. The summed E-state index contributed by atoms with van der Waals surface area (Å²) in [5, 5.41) is 69.1. The molecule has 2 saturated heterocycles. The largest absolute Gasteiger partial charge is 0.394 e. The van der Waals surface area contributed by atoms with Crippen LogP contribution in [0.5, 0.6) is 0 Å². The highest BCUT2D eigenvalue weighted by Gasteiger charge is 2.50. The molecule has 10 atom stereocenters. The molecule has 28 heavy (non-hydrogen) atoms. The molecular weight excluding hydrogens is 382 g/mol. The Labute approximate surface area is 162 Å². The van der Waals surface area contributed by atoms with Gasteiger partial charge in [0, 0.05) is 6.61 Å². The molecule has 0 saturated carbocycles. The molecule has 0 aromatic heterocycles. The van der Waals surface area contributed by atoms with Crippen LogP contribution < -0.4 is 5.73 Å². The summed E-state index contributed by atoms with van der Waals surface area (Å²) in [7, 11) is 0. The third-order valence-electron chi connectivity index (χ3n) is 4.84. The Morgan fingerprint density at radius 2 is 1.32 bits per heavy atom. The number of aliphatic hydroxyl groups is 7. The minimum atomic E-state index is -1.70. The Morgan fingerprint density at radius 1 is 0.714 bits per heavy atom. The van der Waals surface area contributed by atoms with Crippen LogP contribution in [0.2, 0.25) is 0 Å². The average Bonchev–Trinajstić information content (AvgIpc) is 2.70. The molecular formula is C16H31NO11. The monoisotopic (exact) mass is 413 g/mol. The van der Waals surface area contributed by atoms with E-state index in [2.05, 4.69) is 0 Å². The lowest BCUT2D eigenvalue weighted by Crippen LogP contribution is -2.64. The van der Waals surface area contributed by atoms with Crippen molar-refractivity contribution in [3.63, 3.8) is 0 Å². The van der Waals surface area contributed by atoms with Gasteiger partial charge in [0.25, 0.3) is 0 Å². The van der Waals surface area contributed by atoms with Crippen molar-refractivity contribution >= 4 is 0 Å². The molecule has 0 bridgehead atoms. The topological polar surface area (TPSA) is 205 Å². The highest BCUT2D eigenvalue weighted by molar-refractivity contribution is 4.94. The summed E-state index contributed by atoms with van der Waals surface area (Å²) in [6.45, 7) is -0.551. The number of nitrogens with two attached hydrogens (primary N) is 1. The van der Waals surface area contributed by atoms with E-state index in [1.807, 2.05) is 0 Å². The van der Waals surface area contributed by atoms with Crippen molar-refractivity contribution in [1.82, 2.24) is 0 Å². The standard InChI is InChI=1S/C16H31NO11/c17-3-1-2-4-25-15-13(24)11(22)14(8(6-19)27-15)28-16-12(23)10(21)9(20)7(5-18)26-16/h7-16,18-24H,1-6,17H2/t7-,8-,9+,10+,11-,12-,13-,14-,15+,16+/m1/s1. The maximum atomic E-state index is 10.4. The normalized spacial score (nSPS) is 44.6. The molecule has 2 heterocycles. The van der Waals surface area contributed by atoms with Crippen molar-refractivity contribution in [3.8, 4) is 0 Å². The molecule has 2 aliphatic rings. The fourth-order valence-electron chi connectivity index (χ4n) is 3.14. The van der Waals surface area contributed by atoms with Crippen LogP contribution >= 0.6 is 0 Å². The number of aliphatic hydroxyl groups excluding tert-OH is 7. The predicted molar refractivity (Wildman–Crippen MR) is 90.6 cm³/mol. The van der Waals surface area contributed by atoms with Crippen LogP contribution in [0.1, 0.15) is 12.8 Å². The van der Waals surface area contributed by atoms with E-state index in [1.165, 1.54) is 0 Å². The molecule has 9 N–H and O–H groups in total. The van der Waals surface area contributed by atoms with E-state index in [9.17, 15) is 35.7 Å². The number of ether oxygens (including phenoxy) is 4. The summed E-state index contributed by atoms with van der Waals surface area (Å²) in [5.74, 6) is 0. The Bertz CT molecular complexity index is 454. The molecule has 0 aliphatic carbocycles. The van der Waals surface area contributed by atoms with Crippen LogP contribution in [-0.2, 0) is 18.9 Å². The Morgan fingerprint density at radius 3 is 1.93 bits per heavy atom. The van der Waals surface area contributed by atoms with Gasteiger partial charge in [0.05, 0.1) is 13.2 Å². The van der Waals surface area contributed by atoms with Gasteiger partial charge in [0.15, 0.2) is 12.6 Å². The van der Waals surface area contributed by atoms with Crippen LogP contribution in [0.15, 0.2) is 0 Å². The van der Waals surface area contributed by atoms with Gasteiger partial charge in [-0.2, -0.15) is 0 Å². The van der Waals surface area contributed by atoms with Gasteiger partial charge in [0.1, 0.15) is 48.8 Å². The van der Waals surface area contributed by atoms with E-state index in [0.29, 0.717) is 19.4 Å². The zero-order valence-electron chi connectivity index (χ0n) is 15.4. The van der Waals surface area contributed by atoms with Gasteiger partial charge >= 0.3 is 0 Å². The van der Waals surface area contributed by atoms with Crippen molar-refractivity contribution < 1.29 is 54.7 Å². The Kier molecular flexibility index (Phi) is 9.40. The number of rotatable bonds is 9. The fourth-order valence-corrected chi connectivity index (χ4v) is 3.14. The van der Waals surface area contributed by atoms with Crippen LogP contribution in [0.3, 0.4) is 0 Å². The van der Waals surface area contributed by atoms with E-state index >= 15 is 0 Å². The van der Waals surface area contributed by atoms with Gasteiger partial charge in [-0.05, 0) is 19.4 Å². The molecule has 0 spiro atoms.